The van der Waals surface area contributed by atoms with Gasteiger partial charge >= 0.3 is 0 Å². The average molecular weight is 359 g/mol. The fraction of sp³-hybridized carbons (Fsp3) is 0.933. The minimum absolute atomic E-state index is 0.0801. The Morgan fingerprint density at radius 3 is 2.44 bits per heavy atom. The van der Waals surface area contributed by atoms with E-state index in [1.807, 2.05) is 6.92 Å². The third-order valence-electron chi connectivity index (χ3n) is 4.66. The van der Waals surface area contributed by atoms with Crippen molar-refractivity contribution >= 4 is 5.91 Å². The second-order valence-corrected chi connectivity index (χ2v) is 6.25. The van der Waals surface area contributed by atoms with Crippen molar-refractivity contribution in [1.29, 1.82) is 0 Å². The van der Waals surface area contributed by atoms with Crippen LogP contribution >= 0.6 is 0 Å². The lowest BCUT2D eigenvalue weighted by Gasteiger charge is -2.43. The zero-order valence-electron chi connectivity index (χ0n) is 14.8. The summed E-state index contributed by atoms with van der Waals surface area (Å²) in [5.41, 5.74) is 8.44. The quantitative estimate of drug-likeness (QED) is 0.442. The number of carbonyl (C=O) groups excluding carboxylic acids is 1. The van der Waals surface area contributed by atoms with E-state index in [1.165, 1.54) is 0 Å². The molecule has 0 spiro atoms. The average Bonchev–Trinajstić information content (AvgIpc) is 2.59. The molecule has 8 atom stereocenters. The Bertz CT molecular complexity index is 513. The van der Waals surface area contributed by atoms with Gasteiger partial charge in [0.05, 0.1) is 30.3 Å². The molecule has 0 aromatic carbocycles. The van der Waals surface area contributed by atoms with E-state index in [0.717, 1.165) is 0 Å². The van der Waals surface area contributed by atoms with Crippen molar-refractivity contribution in [3.63, 3.8) is 0 Å². The van der Waals surface area contributed by atoms with Crippen LogP contribution < -0.4 is 0 Å². The van der Waals surface area contributed by atoms with Crippen molar-refractivity contribution in [2.45, 2.75) is 69.8 Å². The second-order valence-electron chi connectivity index (χ2n) is 6.25. The van der Waals surface area contributed by atoms with Gasteiger partial charge in [-0.2, -0.15) is 0 Å². The molecule has 1 amide bonds. The summed E-state index contributed by atoms with van der Waals surface area (Å²) in [4.78, 5) is 14.4. The Kier molecular flexibility index (Phi) is 7.14. The molecule has 10 heteroatoms. The van der Waals surface area contributed by atoms with Crippen LogP contribution in [0.5, 0.6) is 0 Å². The summed E-state index contributed by atoms with van der Waals surface area (Å²) in [5.74, 6) is -1.60. The number of hydrogen-bond donors (Lipinski definition) is 1. The van der Waals surface area contributed by atoms with Gasteiger partial charge in [0, 0.05) is 32.0 Å². The largest absolute Gasteiger partial charge is 0.390 e. The molecule has 0 aromatic rings. The van der Waals surface area contributed by atoms with Gasteiger partial charge < -0.3 is 28.8 Å². The first-order valence-corrected chi connectivity index (χ1v) is 8.20. The summed E-state index contributed by atoms with van der Waals surface area (Å²) in [5, 5.41) is 13.2. The highest BCUT2D eigenvalue weighted by Crippen LogP contribution is 2.32. The Labute approximate surface area is 145 Å². The smallest absolute Gasteiger partial charge is 0.224 e. The first-order valence-electron chi connectivity index (χ1n) is 8.20. The van der Waals surface area contributed by atoms with Crippen LogP contribution in [0.1, 0.15) is 26.7 Å². The van der Waals surface area contributed by atoms with E-state index in [0.29, 0.717) is 6.42 Å². The number of aliphatic hydroxyl groups excluding tert-OH is 1. The standard InChI is InChI=1S/C15H25N3O7/c1-7-13(19)9(15(20)17-18-16)5-12(23-7)25-14-8(2)24-11(22-4)6-10(14)21-3/h7-14,19H,5-6H2,1-4H3. The number of methoxy groups -OCH3 is 2. The third-order valence-corrected chi connectivity index (χ3v) is 4.66. The maximum Gasteiger partial charge on any atom is 0.224 e. The van der Waals surface area contributed by atoms with Crippen molar-refractivity contribution in [1.82, 2.24) is 0 Å². The number of carbonyl (C=O) groups is 1. The Morgan fingerprint density at radius 1 is 1.16 bits per heavy atom. The minimum Gasteiger partial charge on any atom is -0.390 e. The molecule has 2 saturated heterocycles. The fourth-order valence-corrected chi connectivity index (χ4v) is 3.26. The Balaban J connectivity index is 2.07. The highest BCUT2D eigenvalue weighted by molar-refractivity contribution is 5.80. The second kappa shape index (κ2) is 8.91. The van der Waals surface area contributed by atoms with E-state index in [2.05, 4.69) is 10.0 Å². The molecule has 1 N–H and O–H groups in total. The van der Waals surface area contributed by atoms with E-state index in [1.54, 1.807) is 21.1 Å². The number of rotatable bonds is 5. The molecule has 8 unspecified atom stereocenters. The van der Waals surface area contributed by atoms with E-state index >= 15 is 0 Å². The van der Waals surface area contributed by atoms with Crippen LogP contribution in [0.4, 0.5) is 0 Å². The molecule has 0 aliphatic carbocycles. The minimum atomic E-state index is -1.06. The summed E-state index contributed by atoms with van der Waals surface area (Å²) < 4.78 is 28.1. The molecule has 2 heterocycles. The Hall–Kier alpha value is -1.26. The van der Waals surface area contributed by atoms with Gasteiger partial charge in [-0.15, -0.1) is 0 Å². The summed E-state index contributed by atoms with van der Waals surface area (Å²) in [6.45, 7) is 3.47. The van der Waals surface area contributed by atoms with Crippen molar-refractivity contribution in [3.8, 4) is 0 Å². The number of amides is 1. The molecular weight excluding hydrogens is 334 g/mol. The van der Waals surface area contributed by atoms with Gasteiger partial charge in [0.2, 0.25) is 5.91 Å². The number of ether oxygens (including phenoxy) is 5. The zero-order valence-corrected chi connectivity index (χ0v) is 14.8. The van der Waals surface area contributed by atoms with Gasteiger partial charge in [-0.3, -0.25) is 4.79 Å². The Morgan fingerprint density at radius 2 is 1.84 bits per heavy atom. The molecule has 2 aliphatic rings. The summed E-state index contributed by atoms with van der Waals surface area (Å²) >= 11 is 0. The summed E-state index contributed by atoms with van der Waals surface area (Å²) in [7, 11) is 3.14. The molecule has 2 rings (SSSR count). The molecule has 2 aliphatic heterocycles. The lowest BCUT2D eigenvalue weighted by atomic mass is 9.91. The van der Waals surface area contributed by atoms with Crippen molar-refractivity contribution < 1.29 is 33.6 Å². The number of hydrogen-bond acceptors (Lipinski definition) is 7. The first-order chi connectivity index (χ1) is 11.9. The van der Waals surface area contributed by atoms with Crippen molar-refractivity contribution in [2.24, 2.45) is 11.0 Å². The van der Waals surface area contributed by atoms with Gasteiger partial charge in [0.1, 0.15) is 6.10 Å². The summed E-state index contributed by atoms with van der Waals surface area (Å²) in [6, 6.07) is 0. The predicted molar refractivity (Wildman–Crippen MR) is 84.2 cm³/mol. The van der Waals surface area contributed by atoms with E-state index in [-0.39, 0.29) is 24.9 Å². The van der Waals surface area contributed by atoms with Crippen LogP contribution in [-0.2, 0) is 28.5 Å². The molecule has 0 bridgehead atoms. The molecule has 2 fully saturated rings. The van der Waals surface area contributed by atoms with Crippen molar-refractivity contribution in [3.05, 3.63) is 10.4 Å². The van der Waals surface area contributed by atoms with Gasteiger partial charge in [-0.05, 0) is 24.5 Å². The normalized spacial score (nSPS) is 41.8. The monoisotopic (exact) mass is 359 g/mol. The number of azide groups is 1. The number of nitrogens with zero attached hydrogens (tertiary/aromatic N) is 3. The van der Waals surface area contributed by atoms with Crippen LogP contribution in [-0.4, -0.2) is 68.3 Å². The van der Waals surface area contributed by atoms with E-state index in [9.17, 15) is 9.90 Å². The fourth-order valence-electron chi connectivity index (χ4n) is 3.26. The van der Waals surface area contributed by atoms with Gasteiger partial charge in [0.15, 0.2) is 12.6 Å². The summed E-state index contributed by atoms with van der Waals surface area (Å²) in [6.07, 6.45) is -3.29. The topological polar surface area (TPSA) is 132 Å². The van der Waals surface area contributed by atoms with Gasteiger partial charge in [0.25, 0.3) is 0 Å². The maximum atomic E-state index is 11.9. The van der Waals surface area contributed by atoms with Crippen LogP contribution in [0.25, 0.3) is 10.4 Å². The van der Waals surface area contributed by atoms with Crippen LogP contribution in [0.3, 0.4) is 0 Å². The van der Waals surface area contributed by atoms with Gasteiger partial charge in [-0.25, -0.2) is 0 Å². The maximum absolute atomic E-state index is 11.9. The van der Waals surface area contributed by atoms with Crippen molar-refractivity contribution in [2.75, 3.05) is 14.2 Å². The molecule has 10 nitrogen and oxygen atoms in total. The molecule has 0 aromatic heterocycles. The molecule has 0 radical (unpaired) electrons. The van der Waals surface area contributed by atoms with Gasteiger partial charge in [-0.1, -0.05) is 0 Å². The SMILES string of the molecule is COC1CC(OC)C(OC2CC(C(=O)N=[N+]=[N-])C(O)C(C)O2)C(C)O1. The highest BCUT2D eigenvalue weighted by Gasteiger charge is 2.44. The van der Waals surface area contributed by atoms with Crippen LogP contribution in [0.15, 0.2) is 5.11 Å². The van der Waals surface area contributed by atoms with E-state index in [4.69, 9.17) is 29.2 Å². The lowest BCUT2D eigenvalue weighted by molar-refractivity contribution is -0.306. The molecule has 142 valence electrons. The number of aliphatic hydroxyl groups is 1. The van der Waals surface area contributed by atoms with Crippen LogP contribution in [0.2, 0.25) is 0 Å². The van der Waals surface area contributed by atoms with Crippen LogP contribution in [0, 0.1) is 5.92 Å². The molecule has 25 heavy (non-hydrogen) atoms. The first kappa shape index (κ1) is 20.1. The lowest BCUT2D eigenvalue weighted by Crippen LogP contribution is -2.54. The zero-order chi connectivity index (χ0) is 18.6. The highest BCUT2D eigenvalue weighted by atomic mass is 16.7. The third kappa shape index (κ3) is 4.68. The predicted octanol–water partition coefficient (Wildman–Crippen LogP) is 1.12. The molecule has 0 saturated carbocycles. The van der Waals surface area contributed by atoms with E-state index < -0.39 is 36.4 Å². The molecular formula is C15H25N3O7.